The fraction of sp³-hybridized carbons (Fsp3) is 0.533. The number of amides is 1. The molecule has 0 aliphatic rings. The Morgan fingerprint density at radius 1 is 1.06 bits per heavy atom. The van der Waals surface area contributed by atoms with Crippen LogP contribution in [-0.4, -0.2) is 11.9 Å². The Hall–Kier alpha value is -1.31. The average Bonchev–Trinajstić information content (AvgIpc) is 2.30. The molecule has 2 heteroatoms. The second-order valence-corrected chi connectivity index (χ2v) is 4.74. The van der Waals surface area contributed by atoms with Crippen molar-refractivity contribution in [3.05, 3.63) is 34.4 Å². The molecule has 0 saturated carbocycles. The highest BCUT2D eigenvalue weighted by Crippen LogP contribution is 2.15. The van der Waals surface area contributed by atoms with Gasteiger partial charge in [0.15, 0.2) is 0 Å². The smallest absolute Gasteiger partial charge is 0.251 e. The van der Waals surface area contributed by atoms with E-state index in [0.29, 0.717) is 0 Å². The Morgan fingerprint density at radius 3 is 2.12 bits per heavy atom. The van der Waals surface area contributed by atoms with Crippen LogP contribution >= 0.6 is 0 Å². The average molecular weight is 233 g/mol. The summed E-state index contributed by atoms with van der Waals surface area (Å²) in [5.74, 6) is 0.0549. The van der Waals surface area contributed by atoms with Crippen molar-refractivity contribution in [1.82, 2.24) is 5.32 Å². The van der Waals surface area contributed by atoms with E-state index in [4.69, 9.17) is 0 Å². The Balaban J connectivity index is 2.93. The third-order valence-electron chi connectivity index (χ3n) is 3.41. The minimum atomic E-state index is 0.0549. The zero-order valence-corrected chi connectivity index (χ0v) is 11.6. The lowest BCUT2D eigenvalue weighted by Crippen LogP contribution is -2.34. The molecule has 0 unspecified atom stereocenters. The first-order chi connectivity index (χ1) is 7.99. The molecule has 0 radical (unpaired) electrons. The molecule has 0 aliphatic heterocycles. The molecule has 0 aliphatic carbocycles. The van der Waals surface area contributed by atoms with Crippen LogP contribution in [0.1, 0.15) is 53.7 Å². The lowest BCUT2D eigenvalue weighted by Gasteiger charge is -2.16. The van der Waals surface area contributed by atoms with Gasteiger partial charge < -0.3 is 5.32 Å². The zero-order chi connectivity index (χ0) is 13.0. The van der Waals surface area contributed by atoms with E-state index in [1.165, 1.54) is 11.1 Å². The van der Waals surface area contributed by atoms with Gasteiger partial charge in [-0.3, -0.25) is 4.79 Å². The number of carbonyl (C=O) groups excluding carboxylic acids is 1. The molecule has 94 valence electrons. The molecule has 0 atom stereocenters. The van der Waals surface area contributed by atoms with E-state index >= 15 is 0 Å². The Morgan fingerprint density at radius 2 is 1.59 bits per heavy atom. The summed E-state index contributed by atoms with van der Waals surface area (Å²) in [5, 5.41) is 3.08. The van der Waals surface area contributed by atoms with Crippen LogP contribution in [0, 0.1) is 20.8 Å². The number of aryl methyl sites for hydroxylation is 3. The quantitative estimate of drug-likeness (QED) is 0.847. The molecular formula is C15H23NO. The van der Waals surface area contributed by atoms with Gasteiger partial charge in [0.1, 0.15) is 0 Å². The van der Waals surface area contributed by atoms with Gasteiger partial charge in [0, 0.05) is 11.6 Å². The molecule has 1 aromatic rings. The summed E-state index contributed by atoms with van der Waals surface area (Å²) in [6.45, 7) is 10.3. The molecule has 1 N–H and O–H groups in total. The summed E-state index contributed by atoms with van der Waals surface area (Å²) in [7, 11) is 0. The van der Waals surface area contributed by atoms with Crippen LogP contribution in [0.3, 0.4) is 0 Å². The molecule has 0 bridgehead atoms. The van der Waals surface area contributed by atoms with E-state index < -0.39 is 0 Å². The van der Waals surface area contributed by atoms with E-state index in [2.05, 4.69) is 32.2 Å². The van der Waals surface area contributed by atoms with Gasteiger partial charge >= 0.3 is 0 Å². The predicted octanol–water partition coefficient (Wildman–Crippen LogP) is 3.53. The maximum Gasteiger partial charge on any atom is 0.251 e. The van der Waals surface area contributed by atoms with Crippen LogP contribution in [0.5, 0.6) is 0 Å². The van der Waals surface area contributed by atoms with Crippen LogP contribution in [0.25, 0.3) is 0 Å². The van der Waals surface area contributed by atoms with E-state index in [1.54, 1.807) is 0 Å². The first-order valence-electron chi connectivity index (χ1n) is 6.38. The summed E-state index contributed by atoms with van der Waals surface area (Å²) in [4.78, 5) is 12.1. The number of rotatable bonds is 4. The van der Waals surface area contributed by atoms with Crippen molar-refractivity contribution in [1.29, 1.82) is 0 Å². The number of benzene rings is 1. The largest absolute Gasteiger partial charge is 0.349 e. The third-order valence-corrected chi connectivity index (χ3v) is 3.41. The second kappa shape index (κ2) is 5.85. The molecule has 0 heterocycles. The van der Waals surface area contributed by atoms with Crippen LogP contribution in [0.4, 0.5) is 0 Å². The van der Waals surface area contributed by atoms with Gasteiger partial charge in [-0.2, -0.15) is 0 Å². The highest BCUT2D eigenvalue weighted by Gasteiger charge is 2.13. The molecule has 17 heavy (non-hydrogen) atoms. The second-order valence-electron chi connectivity index (χ2n) is 4.74. The zero-order valence-electron chi connectivity index (χ0n) is 11.6. The molecule has 1 amide bonds. The van der Waals surface area contributed by atoms with E-state index in [1.807, 2.05) is 19.9 Å². The maximum atomic E-state index is 12.1. The standard InChI is InChI=1S/C15H23NO/c1-6-13(7-2)16-15(17)14-9-11(4)10(3)8-12(14)5/h8-9,13H,6-7H2,1-5H3,(H,16,17). The topological polar surface area (TPSA) is 29.1 Å². The molecular weight excluding hydrogens is 210 g/mol. The van der Waals surface area contributed by atoms with Crippen molar-refractivity contribution in [2.24, 2.45) is 0 Å². The molecule has 0 saturated heterocycles. The first kappa shape index (κ1) is 13.8. The van der Waals surface area contributed by atoms with Crippen LogP contribution in [-0.2, 0) is 0 Å². The molecule has 0 fully saturated rings. The maximum absolute atomic E-state index is 12.1. The van der Waals surface area contributed by atoms with E-state index in [0.717, 1.165) is 24.0 Å². The lowest BCUT2D eigenvalue weighted by molar-refractivity contribution is 0.0934. The monoisotopic (exact) mass is 233 g/mol. The number of hydrogen-bond acceptors (Lipinski definition) is 1. The Kier molecular flexibility index (Phi) is 4.73. The fourth-order valence-corrected chi connectivity index (χ4v) is 1.96. The number of hydrogen-bond donors (Lipinski definition) is 1. The first-order valence-corrected chi connectivity index (χ1v) is 6.38. The number of carbonyl (C=O) groups is 1. The van der Waals surface area contributed by atoms with Gasteiger partial charge in [0.2, 0.25) is 0 Å². The van der Waals surface area contributed by atoms with E-state index in [9.17, 15) is 4.79 Å². The van der Waals surface area contributed by atoms with E-state index in [-0.39, 0.29) is 11.9 Å². The Labute approximate surface area is 104 Å². The van der Waals surface area contributed by atoms with Crippen LogP contribution < -0.4 is 5.32 Å². The molecule has 2 nitrogen and oxygen atoms in total. The van der Waals surface area contributed by atoms with Crippen molar-refractivity contribution < 1.29 is 4.79 Å². The van der Waals surface area contributed by atoms with Crippen molar-refractivity contribution in [3.63, 3.8) is 0 Å². The predicted molar refractivity (Wildman–Crippen MR) is 72.5 cm³/mol. The van der Waals surface area contributed by atoms with Gasteiger partial charge in [0.05, 0.1) is 0 Å². The molecule has 1 aromatic carbocycles. The van der Waals surface area contributed by atoms with Gasteiger partial charge in [-0.25, -0.2) is 0 Å². The van der Waals surface area contributed by atoms with Gasteiger partial charge in [-0.1, -0.05) is 19.9 Å². The summed E-state index contributed by atoms with van der Waals surface area (Å²) in [5.41, 5.74) is 4.27. The van der Waals surface area contributed by atoms with Gasteiger partial charge in [0.25, 0.3) is 5.91 Å². The SMILES string of the molecule is CCC(CC)NC(=O)c1cc(C)c(C)cc1C. The highest BCUT2D eigenvalue weighted by molar-refractivity contribution is 5.96. The summed E-state index contributed by atoms with van der Waals surface area (Å²) >= 11 is 0. The normalized spacial score (nSPS) is 10.7. The molecule has 0 aromatic heterocycles. The van der Waals surface area contributed by atoms with Crippen molar-refractivity contribution >= 4 is 5.91 Å². The highest BCUT2D eigenvalue weighted by atomic mass is 16.1. The van der Waals surface area contributed by atoms with Gasteiger partial charge in [-0.05, 0) is 56.4 Å². The summed E-state index contributed by atoms with van der Waals surface area (Å²) in [6.07, 6.45) is 1.96. The minimum absolute atomic E-state index is 0.0549. The molecule has 0 spiro atoms. The van der Waals surface area contributed by atoms with Crippen LogP contribution in [0.15, 0.2) is 12.1 Å². The van der Waals surface area contributed by atoms with Crippen molar-refractivity contribution in [2.75, 3.05) is 0 Å². The van der Waals surface area contributed by atoms with Gasteiger partial charge in [-0.15, -0.1) is 0 Å². The van der Waals surface area contributed by atoms with Crippen molar-refractivity contribution in [3.8, 4) is 0 Å². The fourth-order valence-electron chi connectivity index (χ4n) is 1.96. The lowest BCUT2D eigenvalue weighted by atomic mass is 10.00. The van der Waals surface area contributed by atoms with Crippen LogP contribution in [0.2, 0.25) is 0 Å². The summed E-state index contributed by atoms with van der Waals surface area (Å²) < 4.78 is 0. The van der Waals surface area contributed by atoms with Crippen molar-refractivity contribution in [2.45, 2.75) is 53.5 Å². The molecule has 1 rings (SSSR count). The minimum Gasteiger partial charge on any atom is -0.349 e. The third kappa shape index (κ3) is 3.32. The Bertz CT molecular complexity index is 406. The summed E-state index contributed by atoms with van der Waals surface area (Å²) in [6, 6.07) is 4.35. The number of nitrogens with one attached hydrogen (secondary N) is 1.